The Hall–Kier alpha value is -1.53. The number of hydrogen-bond acceptors (Lipinski definition) is 4. The fourth-order valence-corrected chi connectivity index (χ4v) is 2.52. The highest BCUT2D eigenvalue weighted by molar-refractivity contribution is 9.10. The molecule has 0 saturated heterocycles. The number of thiazole rings is 1. The third-order valence-electron chi connectivity index (χ3n) is 2.52. The maximum atomic E-state index is 12.0. The zero-order chi connectivity index (χ0) is 14.0. The second kappa shape index (κ2) is 5.63. The van der Waals surface area contributed by atoms with Crippen LogP contribution in [0.3, 0.4) is 0 Å². The largest absolute Gasteiger partial charge is 0.298 e. The second-order valence-electron chi connectivity index (χ2n) is 4.01. The first-order valence-corrected chi connectivity index (χ1v) is 7.18. The second-order valence-corrected chi connectivity index (χ2v) is 5.72. The lowest BCUT2D eigenvalue weighted by Gasteiger charge is -2.04. The average Bonchev–Trinajstić information content (AvgIpc) is 2.81. The number of carbonyl (C=O) groups excluding carboxylic acids is 2. The highest BCUT2D eigenvalue weighted by Gasteiger charge is 2.11. The Balaban J connectivity index is 2.15. The number of aromatic nitrogens is 1. The summed E-state index contributed by atoms with van der Waals surface area (Å²) in [7, 11) is 0. The van der Waals surface area contributed by atoms with Gasteiger partial charge in [-0.15, -0.1) is 11.3 Å². The van der Waals surface area contributed by atoms with Gasteiger partial charge in [-0.2, -0.15) is 0 Å². The molecule has 1 heterocycles. The Labute approximate surface area is 123 Å². The Morgan fingerprint density at radius 1 is 1.37 bits per heavy atom. The number of rotatable bonds is 3. The number of ketones is 1. The minimum Gasteiger partial charge on any atom is -0.298 e. The van der Waals surface area contributed by atoms with Crippen molar-refractivity contribution >= 4 is 44.1 Å². The predicted octanol–water partition coefficient (Wildman–Crippen LogP) is 3.67. The number of amides is 1. The number of benzene rings is 1. The highest BCUT2D eigenvalue weighted by Crippen LogP contribution is 2.20. The smallest absolute Gasteiger partial charge is 0.257 e. The van der Waals surface area contributed by atoms with Crippen LogP contribution in [0, 0.1) is 6.92 Å². The molecule has 1 N–H and O–H groups in total. The van der Waals surface area contributed by atoms with Crippen molar-refractivity contribution in [1.29, 1.82) is 0 Å². The number of Topliss-reactive ketones (excluding diaryl/α,β-unsaturated/α-hetero) is 1. The van der Waals surface area contributed by atoms with E-state index in [1.54, 1.807) is 17.5 Å². The average molecular weight is 339 g/mol. The van der Waals surface area contributed by atoms with Crippen molar-refractivity contribution in [1.82, 2.24) is 4.98 Å². The van der Waals surface area contributed by atoms with Gasteiger partial charge in [0.05, 0.1) is 0 Å². The van der Waals surface area contributed by atoms with Crippen LogP contribution in [0.5, 0.6) is 0 Å². The lowest BCUT2D eigenvalue weighted by atomic mass is 10.1. The number of hydrogen-bond donors (Lipinski definition) is 1. The van der Waals surface area contributed by atoms with Crippen LogP contribution in [0.4, 0.5) is 5.13 Å². The molecule has 2 aromatic rings. The van der Waals surface area contributed by atoms with Crippen LogP contribution in [-0.2, 0) is 0 Å². The molecule has 0 atom stereocenters. The Morgan fingerprint density at radius 2 is 2.11 bits per heavy atom. The minimum atomic E-state index is -0.245. The normalized spacial score (nSPS) is 10.3. The summed E-state index contributed by atoms with van der Waals surface area (Å²) in [5, 5.41) is 4.73. The van der Waals surface area contributed by atoms with Crippen LogP contribution in [0.1, 0.15) is 33.3 Å². The standard InChI is InChI=1S/C13H11BrN2O2S/c1-7-3-4-9(5-10(7)14)12(18)16-13-15-11(6-19-13)8(2)17/h3-6H,1-2H3,(H,15,16,18). The van der Waals surface area contributed by atoms with E-state index in [0.717, 1.165) is 10.0 Å². The Kier molecular flexibility index (Phi) is 4.11. The fourth-order valence-electron chi connectivity index (χ4n) is 1.40. The van der Waals surface area contributed by atoms with Crippen LogP contribution >= 0.6 is 27.3 Å². The number of aryl methyl sites for hydroxylation is 1. The molecule has 1 amide bonds. The lowest BCUT2D eigenvalue weighted by Crippen LogP contribution is -2.12. The monoisotopic (exact) mass is 338 g/mol. The third kappa shape index (κ3) is 3.27. The van der Waals surface area contributed by atoms with Gasteiger partial charge in [0.2, 0.25) is 0 Å². The molecule has 1 aromatic heterocycles. The van der Waals surface area contributed by atoms with Crippen LogP contribution in [0.25, 0.3) is 0 Å². The first-order valence-electron chi connectivity index (χ1n) is 5.51. The summed E-state index contributed by atoms with van der Waals surface area (Å²) in [6.07, 6.45) is 0. The summed E-state index contributed by atoms with van der Waals surface area (Å²) in [5.74, 6) is -0.361. The van der Waals surface area contributed by atoms with Crippen LogP contribution < -0.4 is 5.32 Å². The molecule has 1 aromatic carbocycles. The van der Waals surface area contributed by atoms with Gasteiger partial charge in [-0.1, -0.05) is 22.0 Å². The molecule has 19 heavy (non-hydrogen) atoms. The molecule has 0 aliphatic rings. The topological polar surface area (TPSA) is 59.1 Å². The molecule has 98 valence electrons. The Morgan fingerprint density at radius 3 is 2.68 bits per heavy atom. The van der Waals surface area contributed by atoms with E-state index in [1.807, 2.05) is 13.0 Å². The van der Waals surface area contributed by atoms with Crippen LogP contribution in [-0.4, -0.2) is 16.7 Å². The van der Waals surface area contributed by atoms with Gasteiger partial charge in [0.1, 0.15) is 5.69 Å². The fraction of sp³-hybridized carbons (Fsp3) is 0.154. The van der Waals surface area contributed by atoms with Crippen molar-refractivity contribution in [2.45, 2.75) is 13.8 Å². The highest BCUT2D eigenvalue weighted by atomic mass is 79.9. The van der Waals surface area contributed by atoms with Crippen molar-refractivity contribution in [2.24, 2.45) is 0 Å². The quantitative estimate of drug-likeness (QED) is 0.868. The molecule has 2 rings (SSSR count). The molecule has 0 radical (unpaired) electrons. The summed E-state index contributed by atoms with van der Waals surface area (Å²) >= 11 is 4.62. The number of nitrogens with zero attached hydrogens (tertiary/aromatic N) is 1. The van der Waals surface area contributed by atoms with E-state index in [0.29, 0.717) is 16.4 Å². The summed E-state index contributed by atoms with van der Waals surface area (Å²) in [6, 6.07) is 5.36. The maximum absolute atomic E-state index is 12.0. The molecule has 0 aliphatic heterocycles. The van der Waals surface area contributed by atoms with Gasteiger partial charge >= 0.3 is 0 Å². The van der Waals surface area contributed by atoms with Gasteiger partial charge in [0.15, 0.2) is 10.9 Å². The number of halogens is 1. The number of carbonyl (C=O) groups is 2. The molecule has 0 unspecified atom stereocenters. The maximum Gasteiger partial charge on any atom is 0.257 e. The summed E-state index contributed by atoms with van der Waals surface area (Å²) < 4.78 is 0.878. The van der Waals surface area contributed by atoms with Crippen LogP contribution in [0.2, 0.25) is 0 Å². The molecule has 0 saturated carbocycles. The molecular formula is C13H11BrN2O2S. The van der Waals surface area contributed by atoms with Gasteiger partial charge in [-0.25, -0.2) is 4.98 Å². The number of nitrogens with one attached hydrogen (secondary N) is 1. The molecule has 0 spiro atoms. The molecule has 0 bridgehead atoms. The van der Waals surface area contributed by atoms with E-state index < -0.39 is 0 Å². The van der Waals surface area contributed by atoms with Crippen molar-refractivity contribution in [3.63, 3.8) is 0 Å². The van der Waals surface area contributed by atoms with Gasteiger partial charge in [0.25, 0.3) is 5.91 Å². The molecular weight excluding hydrogens is 328 g/mol. The number of anilines is 1. The zero-order valence-corrected chi connectivity index (χ0v) is 12.8. The van der Waals surface area contributed by atoms with Gasteiger partial charge in [0, 0.05) is 22.3 Å². The summed E-state index contributed by atoms with van der Waals surface area (Å²) in [4.78, 5) is 27.2. The van der Waals surface area contributed by atoms with E-state index in [2.05, 4.69) is 26.2 Å². The lowest BCUT2D eigenvalue weighted by molar-refractivity contribution is 0.100. The zero-order valence-electron chi connectivity index (χ0n) is 10.4. The summed E-state index contributed by atoms with van der Waals surface area (Å²) in [5.41, 5.74) is 1.96. The van der Waals surface area contributed by atoms with Gasteiger partial charge in [-0.05, 0) is 24.6 Å². The van der Waals surface area contributed by atoms with Crippen molar-refractivity contribution < 1.29 is 9.59 Å². The molecule has 4 nitrogen and oxygen atoms in total. The van der Waals surface area contributed by atoms with E-state index in [1.165, 1.54) is 18.3 Å². The molecule has 0 fully saturated rings. The van der Waals surface area contributed by atoms with Crippen molar-refractivity contribution in [2.75, 3.05) is 5.32 Å². The van der Waals surface area contributed by atoms with Gasteiger partial charge in [-0.3, -0.25) is 14.9 Å². The van der Waals surface area contributed by atoms with E-state index in [4.69, 9.17) is 0 Å². The van der Waals surface area contributed by atoms with E-state index in [9.17, 15) is 9.59 Å². The predicted molar refractivity (Wildman–Crippen MR) is 79.0 cm³/mol. The SMILES string of the molecule is CC(=O)c1csc(NC(=O)c2ccc(C)c(Br)c2)n1. The van der Waals surface area contributed by atoms with Crippen LogP contribution in [0.15, 0.2) is 28.1 Å². The third-order valence-corrected chi connectivity index (χ3v) is 4.13. The first kappa shape index (κ1) is 13.9. The molecule has 0 aliphatic carbocycles. The Bertz CT molecular complexity index is 652. The molecule has 6 heteroatoms. The first-order chi connectivity index (χ1) is 8.97. The van der Waals surface area contributed by atoms with Crippen molar-refractivity contribution in [3.05, 3.63) is 44.9 Å². The minimum absolute atomic E-state index is 0.116. The van der Waals surface area contributed by atoms with Gasteiger partial charge < -0.3 is 0 Å². The van der Waals surface area contributed by atoms with Crippen molar-refractivity contribution in [3.8, 4) is 0 Å². The summed E-state index contributed by atoms with van der Waals surface area (Å²) in [6.45, 7) is 3.39. The van der Waals surface area contributed by atoms with E-state index >= 15 is 0 Å². The van der Waals surface area contributed by atoms with E-state index in [-0.39, 0.29) is 11.7 Å².